The van der Waals surface area contributed by atoms with E-state index in [0.717, 1.165) is 11.1 Å². The number of nitrogens with one attached hydrogen (secondary N) is 1. The summed E-state index contributed by atoms with van der Waals surface area (Å²) in [6, 6.07) is 21.2. The number of para-hydroxylation sites is 1. The Kier molecular flexibility index (Phi) is 10.9. The van der Waals surface area contributed by atoms with Crippen LogP contribution in [0.2, 0.25) is 0 Å². The number of benzene rings is 3. The van der Waals surface area contributed by atoms with E-state index in [1.54, 1.807) is 76.3 Å². The summed E-state index contributed by atoms with van der Waals surface area (Å²) < 4.78 is 11.3. The van der Waals surface area contributed by atoms with Crippen LogP contribution >= 0.6 is 0 Å². The number of hydrogen-bond acceptors (Lipinski definition) is 6. The predicted octanol–water partition coefficient (Wildman–Crippen LogP) is 4.87. The Morgan fingerprint density at radius 3 is 1.95 bits per heavy atom. The van der Waals surface area contributed by atoms with Crippen LogP contribution in [0.3, 0.4) is 0 Å². The van der Waals surface area contributed by atoms with Crippen molar-refractivity contribution in [2.75, 3.05) is 48.5 Å². The number of likely N-dealkylation sites (N-methyl/N-ethyl adjacent to an activating group) is 2. The van der Waals surface area contributed by atoms with Crippen molar-refractivity contribution in [1.29, 1.82) is 0 Å². The maximum Gasteiger partial charge on any atom is 0.415 e. The highest BCUT2D eigenvalue weighted by Crippen LogP contribution is 2.25. The lowest BCUT2D eigenvalue weighted by atomic mass is 10.1. The molecule has 3 aromatic rings. The van der Waals surface area contributed by atoms with Crippen molar-refractivity contribution in [1.82, 2.24) is 5.32 Å². The molecular weight excluding hydrogens is 548 g/mol. The minimum atomic E-state index is -0.804. The standard InChI is InChI=1S/C33H40N4O6/c1-23-16-24(2)18-27(17-23)37(32(41)43-33(3,4)5)21-31(40)36(20-30(39)35(7)25-12-9-8-10-13-25)26-14-11-15-28(19-26)42-22-29(38)34-6/h8-19H,20-22H2,1-7H3,(H,34,38). The van der Waals surface area contributed by atoms with Gasteiger partial charge in [-0.05, 0) is 82.1 Å². The summed E-state index contributed by atoms with van der Waals surface area (Å²) in [5.74, 6) is -0.866. The molecule has 228 valence electrons. The summed E-state index contributed by atoms with van der Waals surface area (Å²) in [4.78, 5) is 56.8. The number of ether oxygens (including phenoxy) is 2. The van der Waals surface area contributed by atoms with E-state index >= 15 is 0 Å². The first kappa shape index (κ1) is 32.7. The van der Waals surface area contributed by atoms with E-state index in [0.29, 0.717) is 22.8 Å². The van der Waals surface area contributed by atoms with Crippen LogP contribution in [0.15, 0.2) is 72.8 Å². The van der Waals surface area contributed by atoms with Crippen molar-refractivity contribution < 1.29 is 28.7 Å². The normalized spacial score (nSPS) is 10.9. The van der Waals surface area contributed by atoms with Crippen LogP contribution in [0, 0.1) is 13.8 Å². The Morgan fingerprint density at radius 1 is 0.744 bits per heavy atom. The SMILES string of the molecule is CNC(=O)COc1cccc(N(CC(=O)N(C)c2ccccc2)C(=O)CN(C(=O)OC(C)(C)C)c2cc(C)cc(C)c2)c1. The molecule has 0 bridgehead atoms. The van der Waals surface area contributed by atoms with Gasteiger partial charge in [0.05, 0.1) is 0 Å². The molecule has 0 saturated heterocycles. The third-order valence-corrected chi connectivity index (χ3v) is 6.32. The van der Waals surface area contributed by atoms with Crippen LogP contribution in [0.4, 0.5) is 21.9 Å². The molecule has 0 heterocycles. The molecule has 10 nitrogen and oxygen atoms in total. The zero-order chi connectivity index (χ0) is 31.7. The first-order valence-corrected chi connectivity index (χ1v) is 13.9. The zero-order valence-electron chi connectivity index (χ0n) is 25.8. The second-order valence-electron chi connectivity index (χ2n) is 11.1. The average Bonchev–Trinajstić information content (AvgIpc) is 2.95. The lowest BCUT2D eigenvalue weighted by Gasteiger charge is -2.31. The molecule has 0 aliphatic carbocycles. The molecule has 0 atom stereocenters. The molecule has 1 N–H and O–H groups in total. The number of rotatable bonds is 10. The van der Waals surface area contributed by atoms with Gasteiger partial charge in [0.1, 0.15) is 24.4 Å². The number of hydrogen-bond donors (Lipinski definition) is 1. The fourth-order valence-electron chi connectivity index (χ4n) is 4.23. The quantitative estimate of drug-likeness (QED) is 0.362. The van der Waals surface area contributed by atoms with Crippen LogP contribution in [0.25, 0.3) is 0 Å². The van der Waals surface area contributed by atoms with Gasteiger partial charge in [-0.3, -0.25) is 19.3 Å². The summed E-state index contributed by atoms with van der Waals surface area (Å²) in [5.41, 5.74) is 2.53. The Labute approximate surface area is 253 Å². The van der Waals surface area contributed by atoms with E-state index in [-0.39, 0.29) is 25.0 Å². The summed E-state index contributed by atoms with van der Waals surface area (Å²) in [7, 11) is 3.13. The molecule has 10 heteroatoms. The Morgan fingerprint density at radius 2 is 1.35 bits per heavy atom. The average molecular weight is 589 g/mol. The van der Waals surface area contributed by atoms with Gasteiger partial charge in [-0.2, -0.15) is 0 Å². The summed E-state index contributed by atoms with van der Waals surface area (Å²) in [6.07, 6.45) is -0.693. The first-order valence-electron chi connectivity index (χ1n) is 13.9. The summed E-state index contributed by atoms with van der Waals surface area (Å²) >= 11 is 0. The lowest BCUT2D eigenvalue weighted by molar-refractivity contribution is -0.122. The Balaban J connectivity index is 2.00. The lowest BCUT2D eigenvalue weighted by Crippen LogP contribution is -2.48. The van der Waals surface area contributed by atoms with Crippen LogP contribution in [-0.4, -0.2) is 63.2 Å². The third-order valence-electron chi connectivity index (χ3n) is 6.32. The van der Waals surface area contributed by atoms with E-state index in [9.17, 15) is 19.2 Å². The highest BCUT2D eigenvalue weighted by atomic mass is 16.6. The highest BCUT2D eigenvalue weighted by molar-refractivity contribution is 6.07. The molecule has 0 saturated carbocycles. The topological polar surface area (TPSA) is 108 Å². The van der Waals surface area contributed by atoms with Crippen molar-refractivity contribution in [3.63, 3.8) is 0 Å². The van der Waals surface area contributed by atoms with Crippen LogP contribution in [0.1, 0.15) is 31.9 Å². The van der Waals surface area contributed by atoms with Crippen molar-refractivity contribution in [2.24, 2.45) is 0 Å². The fraction of sp³-hybridized carbons (Fsp3) is 0.333. The van der Waals surface area contributed by atoms with Crippen molar-refractivity contribution in [3.8, 4) is 5.75 Å². The van der Waals surface area contributed by atoms with E-state index in [1.165, 1.54) is 21.7 Å². The van der Waals surface area contributed by atoms with Crippen molar-refractivity contribution in [3.05, 3.63) is 83.9 Å². The highest BCUT2D eigenvalue weighted by Gasteiger charge is 2.30. The molecule has 0 unspecified atom stereocenters. The largest absolute Gasteiger partial charge is 0.484 e. The molecule has 0 radical (unpaired) electrons. The predicted molar refractivity (Wildman–Crippen MR) is 168 cm³/mol. The van der Waals surface area contributed by atoms with Crippen LogP contribution < -0.4 is 24.8 Å². The minimum Gasteiger partial charge on any atom is -0.484 e. The Bertz CT molecular complexity index is 1430. The van der Waals surface area contributed by atoms with Gasteiger partial charge in [-0.15, -0.1) is 0 Å². The molecule has 3 rings (SSSR count). The number of nitrogens with zero attached hydrogens (tertiary/aromatic N) is 3. The molecule has 43 heavy (non-hydrogen) atoms. The molecule has 0 spiro atoms. The molecule has 3 aromatic carbocycles. The third kappa shape index (κ3) is 9.59. The second-order valence-corrected chi connectivity index (χ2v) is 11.1. The van der Waals surface area contributed by atoms with Gasteiger partial charge in [0.15, 0.2) is 6.61 Å². The van der Waals surface area contributed by atoms with E-state index in [1.807, 2.05) is 38.1 Å². The monoisotopic (exact) mass is 588 g/mol. The number of aryl methyl sites for hydroxylation is 2. The molecule has 0 aliphatic rings. The maximum atomic E-state index is 14.1. The van der Waals surface area contributed by atoms with Gasteiger partial charge < -0.3 is 24.6 Å². The second kappa shape index (κ2) is 14.4. The maximum absolute atomic E-state index is 14.1. The number of carbonyl (C=O) groups is 4. The molecule has 0 fully saturated rings. The summed E-state index contributed by atoms with van der Waals surface area (Å²) in [5, 5.41) is 2.49. The Hall–Kier alpha value is -4.86. The minimum absolute atomic E-state index is 0.220. The van der Waals surface area contributed by atoms with E-state index in [2.05, 4.69) is 5.32 Å². The van der Waals surface area contributed by atoms with Gasteiger partial charge >= 0.3 is 6.09 Å². The van der Waals surface area contributed by atoms with Crippen LogP contribution in [0.5, 0.6) is 5.75 Å². The van der Waals surface area contributed by atoms with E-state index < -0.39 is 24.1 Å². The fourth-order valence-corrected chi connectivity index (χ4v) is 4.23. The van der Waals surface area contributed by atoms with Crippen molar-refractivity contribution in [2.45, 2.75) is 40.2 Å². The summed E-state index contributed by atoms with van der Waals surface area (Å²) in [6.45, 7) is 8.12. The van der Waals surface area contributed by atoms with Gasteiger partial charge in [-0.1, -0.05) is 30.3 Å². The van der Waals surface area contributed by atoms with Gasteiger partial charge in [0.2, 0.25) is 11.8 Å². The first-order chi connectivity index (χ1) is 20.3. The molecule has 0 aromatic heterocycles. The molecule has 0 aliphatic heterocycles. The number of amides is 4. The number of anilines is 3. The van der Waals surface area contributed by atoms with Gasteiger partial charge in [-0.25, -0.2) is 4.79 Å². The molecular formula is C33H40N4O6. The van der Waals surface area contributed by atoms with Gasteiger partial charge in [0.25, 0.3) is 5.91 Å². The van der Waals surface area contributed by atoms with E-state index in [4.69, 9.17) is 9.47 Å². The zero-order valence-corrected chi connectivity index (χ0v) is 25.8. The number of carbonyl (C=O) groups excluding carboxylic acids is 4. The van der Waals surface area contributed by atoms with Gasteiger partial charge in [0, 0.05) is 37.2 Å². The smallest absolute Gasteiger partial charge is 0.415 e. The van der Waals surface area contributed by atoms with Crippen molar-refractivity contribution >= 4 is 40.9 Å². The molecule has 4 amide bonds. The van der Waals surface area contributed by atoms with Crippen LogP contribution in [-0.2, 0) is 19.1 Å².